The summed E-state index contributed by atoms with van der Waals surface area (Å²) in [6.45, 7) is 5.22. The SMILES string of the molecule is CCCCC1(CCCC)COC(=S)N1. The highest BCUT2D eigenvalue weighted by Gasteiger charge is 2.36. The number of hydrogen-bond acceptors (Lipinski definition) is 2. The van der Waals surface area contributed by atoms with E-state index in [4.69, 9.17) is 17.0 Å². The van der Waals surface area contributed by atoms with Crippen molar-refractivity contribution in [2.24, 2.45) is 0 Å². The normalized spacial score (nSPS) is 19.1. The lowest BCUT2D eigenvalue weighted by Crippen LogP contribution is -2.43. The van der Waals surface area contributed by atoms with Crippen LogP contribution in [0.25, 0.3) is 0 Å². The average molecular weight is 215 g/mol. The molecule has 0 saturated carbocycles. The first-order chi connectivity index (χ1) is 6.72. The Morgan fingerprint density at radius 2 is 1.86 bits per heavy atom. The predicted molar refractivity (Wildman–Crippen MR) is 63.5 cm³/mol. The Balaban J connectivity index is 2.46. The summed E-state index contributed by atoms with van der Waals surface area (Å²) in [6.07, 6.45) is 7.35. The van der Waals surface area contributed by atoms with Crippen LogP contribution in [0.15, 0.2) is 0 Å². The van der Waals surface area contributed by atoms with E-state index in [2.05, 4.69) is 19.2 Å². The summed E-state index contributed by atoms with van der Waals surface area (Å²) in [6, 6.07) is 0. The summed E-state index contributed by atoms with van der Waals surface area (Å²) < 4.78 is 5.38. The fourth-order valence-corrected chi connectivity index (χ4v) is 2.19. The summed E-state index contributed by atoms with van der Waals surface area (Å²) in [5.74, 6) is 0. The van der Waals surface area contributed by atoms with Gasteiger partial charge in [0.25, 0.3) is 5.17 Å². The molecule has 0 aromatic heterocycles. The second-order valence-corrected chi connectivity index (χ2v) is 4.56. The van der Waals surface area contributed by atoms with Crippen LogP contribution in [0.5, 0.6) is 0 Å². The molecule has 82 valence electrons. The number of thiocarbonyl (C=S) groups is 1. The van der Waals surface area contributed by atoms with Crippen LogP contribution in [-0.2, 0) is 4.74 Å². The number of hydrogen-bond donors (Lipinski definition) is 1. The van der Waals surface area contributed by atoms with Gasteiger partial charge in [-0.25, -0.2) is 0 Å². The zero-order chi connectivity index (χ0) is 10.4. The van der Waals surface area contributed by atoms with Crippen molar-refractivity contribution >= 4 is 17.4 Å². The molecule has 0 aromatic rings. The summed E-state index contributed by atoms with van der Waals surface area (Å²) in [4.78, 5) is 0. The molecule has 1 heterocycles. The molecule has 0 aromatic carbocycles. The van der Waals surface area contributed by atoms with Gasteiger partial charge in [0, 0.05) is 0 Å². The van der Waals surface area contributed by atoms with Gasteiger partial charge >= 0.3 is 0 Å². The van der Waals surface area contributed by atoms with E-state index < -0.39 is 0 Å². The van der Waals surface area contributed by atoms with Gasteiger partial charge in [0.05, 0.1) is 5.54 Å². The largest absolute Gasteiger partial charge is 0.469 e. The van der Waals surface area contributed by atoms with Crippen LogP contribution >= 0.6 is 12.2 Å². The van der Waals surface area contributed by atoms with Gasteiger partial charge in [-0.3, -0.25) is 0 Å². The minimum Gasteiger partial charge on any atom is -0.469 e. The molecule has 2 nitrogen and oxygen atoms in total. The first kappa shape index (κ1) is 11.8. The van der Waals surface area contributed by atoms with Gasteiger partial charge in [0.15, 0.2) is 0 Å². The highest BCUT2D eigenvalue weighted by Crippen LogP contribution is 2.26. The molecule has 0 aliphatic carbocycles. The summed E-state index contributed by atoms with van der Waals surface area (Å²) in [5.41, 5.74) is 0.156. The molecule has 0 atom stereocenters. The van der Waals surface area contributed by atoms with E-state index in [9.17, 15) is 0 Å². The van der Waals surface area contributed by atoms with Gasteiger partial charge in [0.1, 0.15) is 6.61 Å². The van der Waals surface area contributed by atoms with Crippen LogP contribution in [-0.4, -0.2) is 17.3 Å². The molecule has 1 rings (SSSR count). The molecule has 0 unspecified atom stereocenters. The molecule has 3 heteroatoms. The van der Waals surface area contributed by atoms with Crippen LogP contribution < -0.4 is 5.32 Å². The number of unbranched alkanes of at least 4 members (excludes halogenated alkanes) is 2. The number of nitrogens with one attached hydrogen (secondary N) is 1. The lowest BCUT2D eigenvalue weighted by Gasteiger charge is -2.26. The lowest BCUT2D eigenvalue weighted by atomic mass is 9.89. The van der Waals surface area contributed by atoms with Crippen LogP contribution in [0.1, 0.15) is 52.4 Å². The Labute approximate surface area is 92.4 Å². The molecular formula is C11H21NOS. The smallest absolute Gasteiger partial charge is 0.257 e. The Bertz CT molecular complexity index is 186. The third-order valence-electron chi connectivity index (χ3n) is 2.86. The van der Waals surface area contributed by atoms with Crippen molar-refractivity contribution < 1.29 is 4.74 Å². The molecule has 0 spiro atoms. The van der Waals surface area contributed by atoms with Gasteiger partial charge < -0.3 is 10.1 Å². The van der Waals surface area contributed by atoms with E-state index in [0.717, 1.165) is 6.61 Å². The molecule has 0 amide bonds. The van der Waals surface area contributed by atoms with Crippen LogP contribution in [0.3, 0.4) is 0 Å². The van der Waals surface area contributed by atoms with E-state index in [1.807, 2.05) is 0 Å². The maximum absolute atomic E-state index is 5.38. The third-order valence-corrected chi connectivity index (χ3v) is 3.08. The van der Waals surface area contributed by atoms with Crippen LogP contribution in [0.4, 0.5) is 0 Å². The van der Waals surface area contributed by atoms with Crippen molar-refractivity contribution in [2.45, 2.75) is 57.9 Å². The molecule has 0 radical (unpaired) electrons. The molecule has 0 bridgehead atoms. The van der Waals surface area contributed by atoms with Crippen molar-refractivity contribution in [3.63, 3.8) is 0 Å². The maximum Gasteiger partial charge on any atom is 0.257 e. The monoisotopic (exact) mass is 215 g/mol. The standard InChI is InChI=1S/C11H21NOS/c1-3-5-7-11(8-6-4-2)9-13-10(14)12-11/h3-9H2,1-2H3,(H,12,14). The van der Waals surface area contributed by atoms with Crippen molar-refractivity contribution in [2.75, 3.05) is 6.61 Å². The van der Waals surface area contributed by atoms with E-state index in [0.29, 0.717) is 5.17 Å². The fourth-order valence-electron chi connectivity index (χ4n) is 1.92. The zero-order valence-corrected chi connectivity index (χ0v) is 10.1. The highest BCUT2D eigenvalue weighted by atomic mass is 32.1. The van der Waals surface area contributed by atoms with Gasteiger partial charge in [-0.2, -0.15) is 0 Å². The van der Waals surface area contributed by atoms with Crippen molar-refractivity contribution in [3.8, 4) is 0 Å². The Hall–Kier alpha value is -0.310. The van der Waals surface area contributed by atoms with Crippen LogP contribution in [0, 0.1) is 0 Å². The number of ether oxygens (including phenoxy) is 1. The fraction of sp³-hybridized carbons (Fsp3) is 0.909. The second-order valence-electron chi connectivity index (χ2n) is 4.19. The van der Waals surface area contributed by atoms with Crippen molar-refractivity contribution in [1.82, 2.24) is 5.32 Å². The Morgan fingerprint density at radius 1 is 1.29 bits per heavy atom. The van der Waals surface area contributed by atoms with Crippen molar-refractivity contribution in [1.29, 1.82) is 0 Å². The summed E-state index contributed by atoms with van der Waals surface area (Å²) in [7, 11) is 0. The first-order valence-electron chi connectivity index (χ1n) is 5.67. The van der Waals surface area contributed by atoms with E-state index >= 15 is 0 Å². The predicted octanol–water partition coefficient (Wildman–Crippen LogP) is 3.01. The van der Waals surface area contributed by atoms with Gasteiger partial charge in [-0.05, 0) is 25.1 Å². The quantitative estimate of drug-likeness (QED) is 0.688. The molecule has 1 aliphatic rings. The van der Waals surface area contributed by atoms with E-state index in [1.165, 1.54) is 38.5 Å². The lowest BCUT2D eigenvalue weighted by molar-refractivity contribution is 0.232. The maximum atomic E-state index is 5.38. The van der Waals surface area contributed by atoms with Gasteiger partial charge in [0.2, 0.25) is 0 Å². The number of rotatable bonds is 6. The second kappa shape index (κ2) is 5.54. The molecule has 14 heavy (non-hydrogen) atoms. The van der Waals surface area contributed by atoms with Gasteiger partial charge in [-0.1, -0.05) is 39.5 Å². The minimum atomic E-state index is 0.156. The summed E-state index contributed by atoms with van der Waals surface area (Å²) >= 11 is 5.04. The van der Waals surface area contributed by atoms with Crippen LogP contribution in [0.2, 0.25) is 0 Å². The highest BCUT2D eigenvalue weighted by molar-refractivity contribution is 7.80. The first-order valence-corrected chi connectivity index (χ1v) is 6.08. The minimum absolute atomic E-state index is 0.156. The topological polar surface area (TPSA) is 21.3 Å². The summed E-state index contributed by atoms with van der Waals surface area (Å²) in [5, 5.41) is 3.94. The molecular weight excluding hydrogens is 194 g/mol. The average Bonchev–Trinajstić information content (AvgIpc) is 2.55. The van der Waals surface area contributed by atoms with E-state index in [1.54, 1.807) is 0 Å². The molecule has 1 saturated heterocycles. The van der Waals surface area contributed by atoms with E-state index in [-0.39, 0.29) is 5.54 Å². The Morgan fingerprint density at radius 3 is 2.21 bits per heavy atom. The molecule has 1 N–H and O–H groups in total. The molecule has 1 fully saturated rings. The third kappa shape index (κ3) is 3.12. The zero-order valence-electron chi connectivity index (χ0n) is 9.27. The molecule has 1 aliphatic heterocycles. The van der Waals surface area contributed by atoms with Gasteiger partial charge in [-0.15, -0.1) is 0 Å². The Kier molecular flexibility index (Phi) is 4.66. The van der Waals surface area contributed by atoms with Crippen molar-refractivity contribution in [3.05, 3.63) is 0 Å².